The minimum atomic E-state index is 0.274. The number of allylic oxidation sites excluding steroid dienone is 1. The molecule has 0 spiro atoms. The molecule has 0 radical (unpaired) electrons. The molecule has 0 unspecified atom stereocenters. The van der Waals surface area contributed by atoms with Gasteiger partial charge in [-0.3, -0.25) is 0 Å². The van der Waals surface area contributed by atoms with Gasteiger partial charge < -0.3 is 5.11 Å². The fourth-order valence-corrected chi connectivity index (χ4v) is 0.728. The van der Waals surface area contributed by atoms with Crippen LogP contribution in [-0.4, -0.2) is 16.5 Å². The van der Waals surface area contributed by atoms with Crippen LogP contribution in [-0.2, 0) is 0 Å². The fourth-order valence-electron chi connectivity index (χ4n) is 0.404. The molecule has 0 aromatic rings. The van der Waals surface area contributed by atoms with Crippen LogP contribution in [0, 0.1) is 0 Å². The van der Waals surface area contributed by atoms with Crippen molar-refractivity contribution in [3.63, 3.8) is 0 Å². The molecule has 48 valence electrons. The van der Waals surface area contributed by atoms with Gasteiger partial charge in [-0.2, -0.15) is 0 Å². The van der Waals surface area contributed by atoms with Crippen molar-refractivity contribution in [2.45, 2.75) is 17.7 Å². The van der Waals surface area contributed by atoms with Gasteiger partial charge in [0.2, 0.25) is 0 Å². The van der Waals surface area contributed by atoms with Gasteiger partial charge in [-0.05, 0) is 12.8 Å². The maximum Gasteiger partial charge on any atom is 0.0431 e. The van der Waals surface area contributed by atoms with Crippen molar-refractivity contribution in [2.75, 3.05) is 6.61 Å². The second kappa shape index (κ2) is 5.32. The molecule has 1 nitrogen and oxygen atoms in total. The first kappa shape index (κ1) is 8.18. The highest BCUT2D eigenvalue weighted by molar-refractivity contribution is 9.09. The first-order valence-corrected chi connectivity index (χ1v) is 3.60. The number of alkyl halides is 1. The first-order valence-electron chi connectivity index (χ1n) is 2.68. The van der Waals surface area contributed by atoms with Crippen molar-refractivity contribution in [3.8, 4) is 0 Å². The Kier molecular flexibility index (Phi) is 5.44. The summed E-state index contributed by atoms with van der Waals surface area (Å²) in [5.74, 6) is 0. The number of halogens is 1. The SMILES string of the molecule is C=C[C@H](Br)CCCO. The van der Waals surface area contributed by atoms with E-state index >= 15 is 0 Å². The van der Waals surface area contributed by atoms with E-state index in [1.807, 2.05) is 6.08 Å². The van der Waals surface area contributed by atoms with Crippen LogP contribution in [0.2, 0.25) is 0 Å². The highest BCUT2D eigenvalue weighted by atomic mass is 79.9. The fraction of sp³-hybridized carbons (Fsp3) is 0.667. The zero-order valence-corrected chi connectivity index (χ0v) is 6.39. The third kappa shape index (κ3) is 4.34. The smallest absolute Gasteiger partial charge is 0.0431 e. The highest BCUT2D eigenvalue weighted by Crippen LogP contribution is 2.07. The summed E-state index contributed by atoms with van der Waals surface area (Å²) in [6.45, 7) is 3.86. The Morgan fingerprint density at radius 1 is 1.75 bits per heavy atom. The molecule has 0 rings (SSSR count). The van der Waals surface area contributed by atoms with E-state index in [0.29, 0.717) is 4.83 Å². The molecule has 0 aliphatic heterocycles. The van der Waals surface area contributed by atoms with Gasteiger partial charge in [-0.25, -0.2) is 0 Å². The molecule has 0 aromatic heterocycles. The number of aliphatic hydroxyl groups is 1. The zero-order valence-electron chi connectivity index (χ0n) is 4.81. The summed E-state index contributed by atoms with van der Waals surface area (Å²) in [4.78, 5) is 0.370. The van der Waals surface area contributed by atoms with Crippen LogP contribution in [0.25, 0.3) is 0 Å². The van der Waals surface area contributed by atoms with E-state index in [4.69, 9.17) is 5.11 Å². The van der Waals surface area contributed by atoms with E-state index in [1.54, 1.807) is 0 Å². The summed E-state index contributed by atoms with van der Waals surface area (Å²) in [5.41, 5.74) is 0. The average molecular weight is 179 g/mol. The van der Waals surface area contributed by atoms with Gasteiger partial charge in [0.05, 0.1) is 0 Å². The maximum absolute atomic E-state index is 8.36. The molecule has 8 heavy (non-hydrogen) atoms. The van der Waals surface area contributed by atoms with E-state index in [1.165, 1.54) is 0 Å². The minimum absolute atomic E-state index is 0.274. The Bertz CT molecular complexity index is 63.5. The predicted octanol–water partition coefficient (Wildman–Crippen LogP) is 1.71. The normalized spacial score (nSPS) is 13.2. The summed E-state index contributed by atoms with van der Waals surface area (Å²) in [6, 6.07) is 0. The lowest BCUT2D eigenvalue weighted by Crippen LogP contribution is -1.93. The van der Waals surface area contributed by atoms with E-state index in [0.717, 1.165) is 12.8 Å². The van der Waals surface area contributed by atoms with E-state index < -0.39 is 0 Å². The number of hydrogen-bond donors (Lipinski definition) is 1. The third-order valence-electron chi connectivity index (χ3n) is 0.894. The van der Waals surface area contributed by atoms with Crippen LogP contribution in [0.5, 0.6) is 0 Å². The highest BCUT2D eigenvalue weighted by Gasteiger charge is 1.94. The van der Waals surface area contributed by atoms with Crippen LogP contribution in [0.3, 0.4) is 0 Å². The Balaban J connectivity index is 2.98. The van der Waals surface area contributed by atoms with E-state index in [2.05, 4.69) is 22.5 Å². The van der Waals surface area contributed by atoms with Crippen molar-refractivity contribution in [1.29, 1.82) is 0 Å². The lowest BCUT2D eigenvalue weighted by molar-refractivity contribution is 0.286. The van der Waals surface area contributed by atoms with Crippen LogP contribution in [0.4, 0.5) is 0 Å². The Labute approximate surface area is 58.5 Å². The topological polar surface area (TPSA) is 20.2 Å². The third-order valence-corrected chi connectivity index (χ3v) is 1.73. The van der Waals surface area contributed by atoms with Crippen molar-refractivity contribution >= 4 is 15.9 Å². The van der Waals surface area contributed by atoms with Crippen LogP contribution in [0.15, 0.2) is 12.7 Å². The summed E-state index contributed by atoms with van der Waals surface area (Å²) in [5, 5.41) is 8.36. The number of aliphatic hydroxyl groups excluding tert-OH is 1. The Morgan fingerprint density at radius 3 is 2.75 bits per heavy atom. The van der Waals surface area contributed by atoms with Gasteiger partial charge in [0.15, 0.2) is 0 Å². The predicted molar refractivity (Wildman–Crippen MR) is 39.2 cm³/mol. The molecule has 0 bridgehead atoms. The van der Waals surface area contributed by atoms with Gasteiger partial charge in [-0.1, -0.05) is 22.0 Å². The van der Waals surface area contributed by atoms with Crippen molar-refractivity contribution < 1.29 is 5.11 Å². The van der Waals surface area contributed by atoms with Gasteiger partial charge in [0.1, 0.15) is 0 Å². The molecule has 0 aliphatic rings. The molecular weight excluding hydrogens is 168 g/mol. The quantitative estimate of drug-likeness (QED) is 0.514. The molecule has 1 N–H and O–H groups in total. The standard InChI is InChI=1S/C6H11BrO/c1-2-6(7)4-3-5-8/h2,6,8H,1,3-5H2/t6-/m0/s1. The van der Waals surface area contributed by atoms with Gasteiger partial charge in [-0.15, -0.1) is 6.58 Å². The molecule has 0 amide bonds. The monoisotopic (exact) mass is 178 g/mol. The summed E-state index contributed by atoms with van der Waals surface area (Å²) in [6.07, 6.45) is 3.65. The van der Waals surface area contributed by atoms with Crippen LogP contribution < -0.4 is 0 Å². The van der Waals surface area contributed by atoms with Gasteiger partial charge >= 0.3 is 0 Å². The summed E-state index contributed by atoms with van der Waals surface area (Å²) >= 11 is 3.35. The van der Waals surface area contributed by atoms with Crippen LogP contribution in [0.1, 0.15) is 12.8 Å². The second-order valence-electron chi connectivity index (χ2n) is 1.62. The molecular formula is C6H11BrO. The molecule has 0 heterocycles. The molecule has 0 fully saturated rings. The van der Waals surface area contributed by atoms with Crippen molar-refractivity contribution in [3.05, 3.63) is 12.7 Å². The Morgan fingerprint density at radius 2 is 2.38 bits per heavy atom. The van der Waals surface area contributed by atoms with Crippen LogP contribution >= 0.6 is 15.9 Å². The van der Waals surface area contributed by atoms with E-state index in [-0.39, 0.29) is 6.61 Å². The van der Waals surface area contributed by atoms with Gasteiger partial charge in [0.25, 0.3) is 0 Å². The lowest BCUT2D eigenvalue weighted by atomic mass is 10.2. The molecule has 0 aromatic carbocycles. The van der Waals surface area contributed by atoms with Crippen molar-refractivity contribution in [1.82, 2.24) is 0 Å². The summed E-state index contributed by atoms with van der Waals surface area (Å²) in [7, 11) is 0. The molecule has 0 saturated carbocycles. The Hall–Kier alpha value is 0.180. The maximum atomic E-state index is 8.36. The summed E-state index contributed by atoms with van der Waals surface area (Å²) < 4.78 is 0. The first-order chi connectivity index (χ1) is 3.81. The van der Waals surface area contributed by atoms with E-state index in [9.17, 15) is 0 Å². The minimum Gasteiger partial charge on any atom is -0.396 e. The molecule has 1 atom stereocenters. The number of rotatable bonds is 4. The molecule has 0 saturated heterocycles. The second-order valence-corrected chi connectivity index (χ2v) is 2.79. The molecule has 0 aliphatic carbocycles. The molecule has 2 heteroatoms. The number of hydrogen-bond acceptors (Lipinski definition) is 1. The van der Waals surface area contributed by atoms with Gasteiger partial charge in [0, 0.05) is 11.4 Å². The lowest BCUT2D eigenvalue weighted by Gasteiger charge is -1.98. The van der Waals surface area contributed by atoms with Crippen molar-refractivity contribution in [2.24, 2.45) is 0 Å². The zero-order chi connectivity index (χ0) is 6.41. The largest absolute Gasteiger partial charge is 0.396 e. The average Bonchev–Trinajstić information content (AvgIpc) is 1.83.